The number of hydrogen-bond donors (Lipinski definition) is 1. The van der Waals surface area contributed by atoms with Crippen LogP contribution in [0, 0.1) is 12.8 Å². The van der Waals surface area contributed by atoms with E-state index >= 15 is 0 Å². The lowest BCUT2D eigenvalue weighted by molar-refractivity contribution is 0.0520. The van der Waals surface area contributed by atoms with Gasteiger partial charge >= 0.3 is 0 Å². The maximum atomic E-state index is 11.0. The van der Waals surface area contributed by atoms with Gasteiger partial charge < -0.3 is 9.67 Å². The topological polar surface area (TPSA) is 55.9 Å². The molecule has 1 N–H and O–H groups in total. The Bertz CT molecular complexity index is 894. The van der Waals surface area contributed by atoms with Crippen molar-refractivity contribution in [1.82, 2.24) is 19.3 Å². The molecule has 0 fully saturated rings. The molecular formula is C18H18N4O. The molecule has 0 unspecified atom stereocenters. The van der Waals surface area contributed by atoms with Crippen molar-refractivity contribution >= 4 is 0 Å². The summed E-state index contributed by atoms with van der Waals surface area (Å²) in [6.07, 6.45) is 6.07. The molecule has 0 amide bonds. The van der Waals surface area contributed by atoms with Crippen molar-refractivity contribution in [2.75, 3.05) is 0 Å². The van der Waals surface area contributed by atoms with Crippen LogP contribution in [-0.4, -0.2) is 24.4 Å². The highest BCUT2D eigenvalue weighted by molar-refractivity contribution is 5.69. The molecule has 5 heteroatoms. The largest absolute Gasteiger partial charge is 0.386 e. The van der Waals surface area contributed by atoms with Gasteiger partial charge in [-0.05, 0) is 24.5 Å². The molecule has 5 nitrogen and oxygen atoms in total. The molecule has 0 spiro atoms. The van der Waals surface area contributed by atoms with Crippen molar-refractivity contribution in [3.63, 3.8) is 0 Å². The van der Waals surface area contributed by atoms with Gasteiger partial charge in [0.05, 0.1) is 36.2 Å². The number of aromatic nitrogens is 4. The third kappa shape index (κ3) is 1.65. The first-order chi connectivity index (χ1) is 11.3. The lowest BCUT2D eigenvalue weighted by Gasteiger charge is -2.34. The molecule has 2 aromatic heterocycles. The SMILES string of the molecule is Cc1cnn2c1[C@@H](O)[C@H]([C@H]1c3ccccc3-c3cncn31)CC2. The average molecular weight is 306 g/mol. The van der Waals surface area contributed by atoms with E-state index in [2.05, 4.69) is 38.9 Å². The van der Waals surface area contributed by atoms with Gasteiger partial charge in [0.2, 0.25) is 0 Å². The molecule has 0 saturated carbocycles. The number of aliphatic hydroxyl groups excluding tert-OH is 1. The van der Waals surface area contributed by atoms with Gasteiger partial charge in [0.15, 0.2) is 0 Å². The van der Waals surface area contributed by atoms with E-state index in [0.29, 0.717) is 0 Å². The third-order valence-corrected chi connectivity index (χ3v) is 5.36. The number of aryl methyl sites for hydroxylation is 2. The van der Waals surface area contributed by atoms with Crippen LogP contribution in [0.5, 0.6) is 0 Å². The van der Waals surface area contributed by atoms with Crippen molar-refractivity contribution in [3.05, 3.63) is 59.8 Å². The smallest absolute Gasteiger partial charge is 0.101 e. The molecule has 4 heterocycles. The van der Waals surface area contributed by atoms with Crippen LogP contribution in [-0.2, 0) is 6.54 Å². The Morgan fingerprint density at radius 2 is 2.09 bits per heavy atom. The van der Waals surface area contributed by atoms with E-state index in [0.717, 1.165) is 29.9 Å². The first-order valence-electron chi connectivity index (χ1n) is 8.07. The van der Waals surface area contributed by atoms with Gasteiger partial charge in [-0.3, -0.25) is 4.68 Å². The molecule has 3 aromatic rings. The Labute approximate surface area is 134 Å². The number of hydrogen-bond acceptors (Lipinski definition) is 3. The van der Waals surface area contributed by atoms with Crippen molar-refractivity contribution in [2.24, 2.45) is 5.92 Å². The minimum atomic E-state index is -0.502. The van der Waals surface area contributed by atoms with Crippen LogP contribution in [0.3, 0.4) is 0 Å². The van der Waals surface area contributed by atoms with Crippen LogP contribution in [0.15, 0.2) is 43.0 Å². The summed E-state index contributed by atoms with van der Waals surface area (Å²) in [5.41, 5.74) is 5.71. The van der Waals surface area contributed by atoms with Crippen LogP contribution in [0.2, 0.25) is 0 Å². The second-order valence-electron chi connectivity index (χ2n) is 6.55. The predicted molar refractivity (Wildman–Crippen MR) is 85.8 cm³/mol. The molecule has 1 aromatic carbocycles. The molecule has 23 heavy (non-hydrogen) atoms. The van der Waals surface area contributed by atoms with Gasteiger partial charge in [0, 0.05) is 18.0 Å². The number of nitrogens with zero attached hydrogens (tertiary/aromatic N) is 4. The van der Waals surface area contributed by atoms with E-state index in [1.54, 1.807) is 0 Å². The minimum absolute atomic E-state index is 0.134. The second-order valence-corrected chi connectivity index (χ2v) is 6.55. The van der Waals surface area contributed by atoms with Crippen LogP contribution in [0.1, 0.15) is 35.4 Å². The highest BCUT2D eigenvalue weighted by Crippen LogP contribution is 2.48. The predicted octanol–water partition coefficient (Wildman–Crippen LogP) is 2.71. The lowest BCUT2D eigenvalue weighted by atomic mass is 9.82. The molecule has 0 aliphatic carbocycles. The quantitative estimate of drug-likeness (QED) is 0.752. The molecule has 2 aliphatic heterocycles. The van der Waals surface area contributed by atoms with Crippen molar-refractivity contribution in [3.8, 4) is 11.3 Å². The van der Waals surface area contributed by atoms with Crippen LogP contribution >= 0.6 is 0 Å². The summed E-state index contributed by atoms with van der Waals surface area (Å²) in [6.45, 7) is 2.88. The Hall–Kier alpha value is -2.40. The summed E-state index contributed by atoms with van der Waals surface area (Å²) >= 11 is 0. The fourth-order valence-electron chi connectivity index (χ4n) is 4.32. The summed E-state index contributed by atoms with van der Waals surface area (Å²) in [5, 5.41) is 15.4. The zero-order valence-corrected chi connectivity index (χ0v) is 12.9. The maximum absolute atomic E-state index is 11.0. The van der Waals surface area contributed by atoms with Crippen molar-refractivity contribution < 1.29 is 5.11 Å². The molecule has 3 atom stereocenters. The second kappa shape index (κ2) is 4.55. The molecule has 0 bridgehead atoms. The van der Waals surface area contributed by atoms with E-state index < -0.39 is 6.10 Å². The third-order valence-electron chi connectivity index (χ3n) is 5.36. The van der Waals surface area contributed by atoms with E-state index in [-0.39, 0.29) is 12.0 Å². The zero-order chi connectivity index (χ0) is 15.6. The standard InChI is InChI=1S/C18H18N4O/c1-11-8-20-22-7-6-14(18(23)16(11)22)17-13-5-3-2-4-12(13)15-9-19-10-21(15)17/h2-5,8-10,14,17-18,23H,6-7H2,1H3/t14-,17+,18-/m0/s1. The Kier molecular flexibility index (Phi) is 2.59. The Morgan fingerprint density at radius 1 is 1.22 bits per heavy atom. The van der Waals surface area contributed by atoms with E-state index in [9.17, 15) is 5.11 Å². The number of imidazole rings is 1. The first kappa shape index (κ1) is 13.1. The van der Waals surface area contributed by atoms with Crippen LogP contribution in [0.4, 0.5) is 0 Å². The number of aliphatic hydroxyl groups is 1. The monoisotopic (exact) mass is 306 g/mol. The van der Waals surface area contributed by atoms with E-state index in [1.165, 1.54) is 11.1 Å². The average Bonchev–Trinajstić information content (AvgIpc) is 3.23. The Morgan fingerprint density at radius 3 is 3.00 bits per heavy atom. The number of benzene rings is 1. The molecule has 116 valence electrons. The van der Waals surface area contributed by atoms with Gasteiger partial charge in [0.25, 0.3) is 0 Å². The molecule has 2 aliphatic rings. The summed E-state index contributed by atoms with van der Waals surface area (Å²) < 4.78 is 4.17. The molecular weight excluding hydrogens is 288 g/mol. The molecule has 0 saturated heterocycles. The summed E-state index contributed by atoms with van der Waals surface area (Å²) in [7, 11) is 0. The lowest BCUT2D eigenvalue weighted by Crippen LogP contribution is -2.31. The van der Waals surface area contributed by atoms with Gasteiger partial charge in [0.1, 0.15) is 6.10 Å². The van der Waals surface area contributed by atoms with Gasteiger partial charge in [-0.1, -0.05) is 24.3 Å². The maximum Gasteiger partial charge on any atom is 0.101 e. The number of rotatable bonds is 1. The van der Waals surface area contributed by atoms with Crippen LogP contribution < -0.4 is 0 Å². The summed E-state index contributed by atoms with van der Waals surface area (Å²) in [4.78, 5) is 4.33. The zero-order valence-electron chi connectivity index (χ0n) is 12.9. The Balaban J connectivity index is 1.65. The van der Waals surface area contributed by atoms with Crippen molar-refractivity contribution in [1.29, 1.82) is 0 Å². The van der Waals surface area contributed by atoms with Gasteiger partial charge in [-0.2, -0.15) is 5.10 Å². The first-order valence-corrected chi connectivity index (χ1v) is 8.07. The normalized spacial score (nSPS) is 25.0. The van der Waals surface area contributed by atoms with Gasteiger partial charge in [-0.15, -0.1) is 0 Å². The summed E-state index contributed by atoms with van der Waals surface area (Å²) in [6, 6.07) is 8.61. The van der Waals surface area contributed by atoms with Crippen LogP contribution in [0.25, 0.3) is 11.3 Å². The van der Waals surface area contributed by atoms with E-state index in [4.69, 9.17) is 0 Å². The number of fused-ring (bicyclic) bond motifs is 4. The van der Waals surface area contributed by atoms with E-state index in [1.807, 2.05) is 30.3 Å². The fraction of sp³-hybridized carbons (Fsp3) is 0.333. The highest BCUT2D eigenvalue weighted by Gasteiger charge is 2.41. The highest BCUT2D eigenvalue weighted by atomic mass is 16.3. The minimum Gasteiger partial charge on any atom is -0.386 e. The summed E-state index contributed by atoms with van der Waals surface area (Å²) in [5.74, 6) is 0.134. The van der Waals surface area contributed by atoms with Crippen molar-refractivity contribution in [2.45, 2.75) is 32.0 Å². The van der Waals surface area contributed by atoms with Gasteiger partial charge in [-0.25, -0.2) is 4.98 Å². The molecule has 0 radical (unpaired) electrons. The fourth-order valence-corrected chi connectivity index (χ4v) is 4.32. The molecule has 5 rings (SSSR count).